The summed E-state index contributed by atoms with van der Waals surface area (Å²) in [5, 5.41) is 3.30. The number of hydrogen-bond acceptors (Lipinski definition) is 3. The van der Waals surface area contributed by atoms with Gasteiger partial charge in [-0.1, -0.05) is 0 Å². The minimum Gasteiger partial charge on any atom is -0.444 e. The summed E-state index contributed by atoms with van der Waals surface area (Å²) in [7, 11) is 2.05. The van der Waals surface area contributed by atoms with E-state index in [2.05, 4.69) is 5.32 Å². The van der Waals surface area contributed by atoms with Crippen LogP contribution in [0.4, 0.5) is 4.79 Å². The lowest BCUT2D eigenvalue weighted by Gasteiger charge is -2.46. The topological polar surface area (TPSA) is 41.6 Å². The number of amides is 1. The molecular weight excluding hydrogens is 264 g/mol. The van der Waals surface area contributed by atoms with Crippen LogP contribution in [0.1, 0.15) is 59.3 Å². The molecule has 0 bridgehead atoms. The van der Waals surface area contributed by atoms with Gasteiger partial charge in [-0.2, -0.15) is 0 Å². The molecule has 0 aromatic rings. The monoisotopic (exact) mass is 296 g/mol. The standard InChI is InChI=1S/C17H32N2O2/c1-16(2,3)21-15(20)19-11-9-17(10-12-19)7-5-14(6-8-17)13-18-4/h14,18H,5-13H2,1-4H3. The number of carbonyl (C=O) groups is 1. The Morgan fingerprint density at radius 1 is 1.19 bits per heavy atom. The summed E-state index contributed by atoms with van der Waals surface area (Å²) in [4.78, 5) is 14.0. The van der Waals surface area contributed by atoms with E-state index in [1.807, 2.05) is 32.7 Å². The van der Waals surface area contributed by atoms with E-state index in [0.717, 1.165) is 38.4 Å². The van der Waals surface area contributed by atoms with Crippen LogP contribution in [0.25, 0.3) is 0 Å². The molecule has 21 heavy (non-hydrogen) atoms. The van der Waals surface area contributed by atoms with Crippen LogP contribution >= 0.6 is 0 Å². The lowest BCUT2D eigenvalue weighted by atomic mass is 9.65. The van der Waals surface area contributed by atoms with Gasteiger partial charge in [0.1, 0.15) is 5.60 Å². The van der Waals surface area contributed by atoms with Gasteiger partial charge in [-0.15, -0.1) is 0 Å². The Bertz CT molecular complexity index is 344. The SMILES string of the molecule is CNCC1CCC2(CC1)CCN(C(=O)OC(C)(C)C)CC2. The third kappa shape index (κ3) is 4.60. The van der Waals surface area contributed by atoms with Gasteiger partial charge >= 0.3 is 6.09 Å². The molecule has 2 aliphatic rings. The first-order valence-corrected chi connectivity index (χ1v) is 8.46. The Labute approximate surface area is 129 Å². The van der Waals surface area contributed by atoms with Crippen molar-refractivity contribution < 1.29 is 9.53 Å². The molecular formula is C17H32N2O2. The smallest absolute Gasteiger partial charge is 0.410 e. The molecule has 0 atom stereocenters. The van der Waals surface area contributed by atoms with Gasteiger partial charge in [0.2, 0.25) is 0 Å². The molecule has 1 N–H and O–H groups in total. The van der Waals surface area contributed by atoms with Crippen molar-refractivity contribution in [2.45, 2.75) is 64.9 Å². The van der Waals surface area contributed by atoms with E-state index in [1.54, 1.807) is 0 Å². The molecule has 1 aliphatic carbocycles. The first-order chi connectivity index (χ1) is 9.84. The minimum absolute atomic E-state index is 0.138. The van der Waals surface area contributed by atoms with Gasteiger partial charge in [-0.05, 0) is 84.2 Å². The molecule has 122 valence electrons. The first-order valence-electron chi connectivity index (χ1n) is 8.46. The number of nitrogens with zero attached hydrogens (tertiary/aromatic N) is 1. The second-order valence-electron chi connectivity index (χ2n) is 7.97. The molecule has 2 rings (SSSR count). The largest absolute Gasteiger partial charge is 0.444 e. The van der Waals surface area contributed by atoms with Gasteiger partial charge in [0.25, 0.3) is 0 Å². The molecule has 1 heterocycles. The first kappa shape index (κ1) is 16.6. The van der Waals surface area contributed by atoms with Crippen LogP contribution in [0.5, 0.6) is 0 Å². The number of rotatable bonds is 2. The molecule has 2 fully saturated rings. The lowest BCUT2D eigenvalue weighted by Crippen LogP contribution is -2.46. The highest BCUT2D eigenvalue weighted by atomic mass is 16.6. The Morgan fingerprint density at radius 3 is 2.24 bits per heavy atom. The van der Waals surface area contributed by atoms with Gasteiger partial charge in [0.05, 0.1) is 0 Å². The summed E-state index contributed by atoms with van der Waals surface area (Å²) in [6.45, 7) is 8.68. The molecule has 0 aromatic heterocycles. The molecule has 4 heteroatoms. The Kier molecular flexibility index (Phi) is 5.18. The predicted molar refractivity (Wildman–Crippen MR) is 85.4 cm³/mol. The van der Waals surface area contributed by atoms with E-state index in [1.165, 1.54) is 25.7 Å². The summed E-state index contributed by atoms with van der Waals surface area (Å²) in [6.07, 6.45) is 7.52. The summed E-state index contributed by atoms with van der Waals surface area (Å²) in [5.74, 6) is 0.851. The quantitative estimate of drug-likeness (QED) is 0.849. The Morgan fingerprint density at radius 2 is 1.76 bits per heavy atom. The van der Waals surface area contributed by atoms with Crippen LogP contribution in [-0.2, 0) is 4.74 Å². The van der Waals surface area contributed by atoms with Crippen LogP contribution < -0.4 is 5.32 Å². The fraction of sp³-hybridized carbons (Fsp3) is 0.941. The van der Waals surface area contributed by atoms with Crippen LogP contribution in [0.2, 0.25) is 0 Å². The third-order valence-electron chi connectivity index (χ3n) is 5.13. The molecule has 0 unspecified atom stereocenters. The maximum atomic E-state index is 12.1. The number of piperidine rings is 1. The van der Waals surface area contributed by atoms with Crippen LogP contribution in [0, 0.1) is 11.3 Å². The van der Waals surface area contributed by atoms with Crippen molar-refractivity contribution in [2.24, 2.45) is 11.3 Å². The van der Waals surface area contributed by atoms with Gasteiger partial charge in [-0.25, -0.2) is 4.79 Å². The maximum absolute atomic E-state index is 12.1. The average Bonchev–Trinajstić information content (AvgIpc) is 2.41. The Hall–Kier alpha value is -0.770. The van der Waals surface area contributed by atoms with Crippen molar-refractivity contribution in [3.8, 4) is 0 Å². The summed E-state index contributed by atoms with van der Waals surface area (Å²) >= 11 is 0. The zero-order valence-corrected chi connectivity index (χ0v) is 14.2. The van der Waals surface area contributed by atoms with E-state index >= 15 is 0 Å². The summed E-state index contributed by atoms with van der Waals surface area (Å²) < 4.78 is 5.48. The number of ether oxygens (including phenoxy) is 1. The minimum atomic E-state index is -0.391. The van der Waals surface area contributed by atoms with Crippen molar-refractivity contribution in [1.82, 2.24) is 10.2 Å². The fourth-order valence-electron chi connectivity index (χ4n) is 3.77. The molecule has 1 amide bonds. The van der Waals surface area contributed by atoms with Crippen molar-refractivity contribution in [1.29, 1.82) is 0 Å². The molecule has 1 saturated heterocycles. The van der Waals surface area contributed by atoms with Crippen LogP contribution in [0.15, 0.2) is 0 Å². The third-order valence-corrected chi connectivity index (χ3v) is 5.13. The van der Waals surface area contributed by atoms with Gasteiger partial charge in [-0.3, -0.25) is 0 Å². The average molecular weight is 296 g/mol. The fourth-order valence-corrected chi connectivity index (χ4v) is 3.77. The van der Waals surface area contributed by atoms with Gasteiger partial charge in [0.15, 0.2) is 0 Å². The Balaban J connectivity index is 1.79. The van der Waals surface area contributed by atoms with Crippen molar-refractivity contribution in [2.75, 3.05) is 26.7 Å². The molecule has 4 nitrogen and oxygen atoms in total. The van der Waals surface area contributed by atoms with E-state index in [0.29, 0.717) is 5.41 Å². The molecule has 0 aromatic carbocycles. The second-order valence-corrected chi connectivity index (χ2v) is 7.97. The molecule has 1 aliphatic heterocycles. The number of likely N-dealkylation sites (tertiary alicyclic amines) is 1. The normalized spacial score (nSPS) is 23.3. The highest BCUT2D eigenvalue weighted by Crippen LogP contribution is 2.46. The molecule has 0 radical (unpaired) electrons. The summed E-state index contributed by atoms with van der Waals surface area (Å²) in [5.41, 5.74) is 0.111. The molecule has 1 spiro atoms. The molecule has 1 saturated carbocycles. The summed E-state index contributed by atoms with van der Waals surface area (Å²) in [6, 6.07) is 0. The van der Waals surface area contributed by atoms with Gasteiger partial charge in [0, 0.05) is 13.1 Å². The second kappa shape index (κ2) is 6.55. The number of carbonyl (C=O) groups excluding carboxylic acids is 1. The van der Waals surface area contributed by atoms with E-state index in [9.17, 15) is 4.79 Å². The van der Waals surface area contributed by atoms with Crippen LogP contribution in [-0.4, -0.2) is 43.3 Å². The van der Waals surface area contributed by atoms with Gasteiger partial charge < -0.3 is 15.0 Å². The predicted octanol–water partition coefficient (Wildman–Crippen LogP) is 3.41. The number of hydrogen-bond donors (Lipinski definition) is 1. The highest BCUT2D eigenvalue weighted by molar-refractivity contribution is 5.68. The highest BCUT2D eigenvalue weighted by Gasteiger charge is 2.39. The van der Waals surface area contributed by atoms with E-state index in [4.69, 9.17) is 4.74 Å². The van der Waals surface area contributed by atoms with E-state index in [-0.39, 0.29) is 6.09 Å². The maximum Gasteiger partial charge on any atom is 0.410 e. The van der Waals surface area contributed by atoms with E-state index < -0.39 is 5.60 Å². The van der Waals surface area contributed by atoms with Crippen molar-refractivity contribution in [3.05, 3.63) is 0 Å². The van der Waals surface area contributed by atoms with Crippen molar-refractivity contribution >= 4 is 6.09 Å². The zero-order chi connectivity index (χ0) is 15.5. The zero-order valence-electron chi connectivity index (χ0n) is 14.2. The number of nitrogens with one attached hydrogen (secondary N) is 1. The lowest BCUT2D eigenvalue weighted by molar-refractivity contribution is 0.00152. The van der Waals surface area contributed by atoms with Crippen LogP contribution in [0.3, 0.4) is 0 Å². The van der Waals surface area contributed by atoms with Crippen molar-refractivity contribution in [3.63, 3.8) is 0 Å².